The second-order valence-corrected chi connectivity index (χ2v) is 10.8. The molecule has 1 aliphatic carbocycles. The minimum absolute atomic E-state index is 0.145. The highest BCUT2D eigenvalue weighted by Gasteiger charge is 2.55. The summed E-state index contributed by atoms with van der Waals surface area (Å²) in [7, 11) is 0. The zero-order valence-corrected chi connectivity index (χ0v) is 18.1. The largest absolute Gasteiger partial charge is 0.342 e. The highest BCUT2D eigenvalue weighted by molar-refractivity contribution is 5.78. The Morgan fingerprint density at radius 2 is 1.41 bits per heavy atom. The summed E-state index contributed by atoms with van der Waals surface area (Å²) < 4.78 is 0. The van der Waals surface area contributed by atoms with Gasteiger partial charge in [-0.25, -0.2) is 0 Å². The molecule has 4 fully saturated rings. The van der Waals surface area contributed by atoms with Crippen LogP contribution >= 0.6 is 0 Å². The first-order valence-electron chi connectivity index (χ1n) is 11.6. The topological polar surface area (TPSA) is 26.8 Å². The van der Waals surface area contributed by atoms with Crippen LogP contribution in [-0.4, -0.2) is 72.0 Å². The molecule has 0 aromatic carbocycles. The van der Waals surface area contributed by atoms with E-state index >= 15 is 0 Å². The first-order chi connectivity index (χ1) is 12.9. The van der Waals surface area contributed by atoms with E-state index < -0.39 is 0 Å². The Labute approximate surface area is 166 Å². The molecule has 1 saturated carbocycles. The first-order valence-corrected chi connectivity index (χ1v) is 11.6. The molecule has 0 N–H and O–H groups in total. The molecule has 4 heteroatoms. The molecule has 154 valence electrons. The Morgan fingerprint density at radius 1 is 0.815 bits per heavy atom. The average molecular weight is 376 g/mol. The van der Waals surface area contributed by atoms with Crippen LogP contribution in [0.1, 0.15) is 66.2 Å². The second-order valence-electron chi connectivity index (χ2n) is 10.8. The standard InChI is InChI=1S/C23H41N3O/c1-17(2)19-5-9-24(10-6-19)21-13-23(14-21)15-26(16-23)20-7-11-25(12-8-20)22(27)18(3)4/h17-21H,5-16H2,1-4H3. The summed E-state index contributed by atoms with van der Waals surface area (Å²) in [6, 6.07) is 1.61. The molecule has 3 saturated heterocycles. The number of amides is 1. The molecular formula is C23H41N3O. The lowest BCUT2D eigenvalue weighted by Gasteiger charge is -2.63. The van der Waals surface area contributed by atoms with Gasteiger partial charge in [0.25, 0.3) is 0 Å². The van der Waals surface area contributed by atoms with Crippen LogP contribution in [0.4, 0.5) is 0 Å². The smallest absolute Gasteiger partial charge is 0.225 e. The molecule has 1 amide bonds. The number of likely N-dealkylation sites (tertiary alicyclic amines) is 3. The molecule has 0 aromatic rings. The van der Waals surface area contributed by atoms with Crippen LogP contribution in [0, 0.1) is 23.2 Å². The van der Waals surface area contributed by atoms with Crippen molar-refractivity contribution < 1.29 is 4.79 Å². The van der Waals surface area contributed by atoms with Crippen molar-refractivity contribution in [3.8, 4) is 0 Å². The summed E-state index contributed by atoms with van der Waals surface area (Å²) in [5.74, 6) is 2.31. The summed E-state index contributed by atoms with van der Waals surface area (Å²) in [4.78, 5) is 19.8. The lowest BCUT2D eigenvalue weighted by molar-refractivity contribution is -0.144. The number of piperidine rings is 2. The quantitative estimate of drug-likeness (QED) is 0.753. The summed E-state index contributed by atoms with van der Waals surface area (Å²) in [6.07, 6.45) is 8.09. The van der Waals surface area contributed by atoms with Crippen LogP contribution in [0.2, 0.25) is 0 Å². The van der Waals surface area contributed by atoms with Gasteiger partial charge in [0.05, 0.1) is 0 Å². The van der Waals surface area contributed by atoms with Crippen LogP contribution in [-0.2, 0) is 4.79 Å². The number of nitrogens with zero attached hydrogens (tertiary/aromatic N) is 3. The van der Waals surface area contributed by atoms with E-state index in [0.717, 1.165) is 37.0 Å². The predicted molar refractivity (Wildman–Crippen MR) is 111 cm³/mol. The van der Waals surface area contributed by atoms with Gasteiger partial charge in [-0.05, 0) is 68.9 Å². The third-order valence-corrected chi connectivity index (χ3v) is 8.23. The number of carbonyl (C=O) groups is 1. The molecule has 0 unspecified atom stereocenters. The summed E-state index contributed by atoms with van der Waals surface area (Å²) in [5.41, 5.74) is 0.657. The zero-order valence-electron chi connectivity index (χ0n) is 18.1. The average Bonchev–Trinajstić information content (AvgIpc) is 2.59. The number of rotatable bonds is 4. The Bertz CT molecular complexity index is 516. The molecule has 0 atom stereocenters. The fraction of sp³-hybridized carbons (Fsp3) is 0.957. The molecule has 3 heterocycles. The third kappa shape index (κ3) is 3.94. The van der Waals surface area contributed by atoms with Gasteiger partial charge in [-0.3, -0.25) is 9.69 Å². The highest BCUT2D eigenvalue weighted by Crippen LogP contribution is 2.52. The fourth-order valence-electron chi connectivity index (χ4n) is 6.30. The Balaban J connectivity index is 1.16. The molecule has 4 rings (SSSR count). The van der Waals surface area contributed by atoms with Crippen molar-refractivity contribution >= 4 is 5.91 Å². The van der Waals surface area contributed by atoms with E-state index in [9.17, 15) is 4.79 Å². The third-order valence-electron chi connectivity index (χ3n) is 8.23. The van der Waals surface area contributed by atoms with Gasteiger partial charge in [-0.1, -0.05) is 27.7 Å². The minimum atomic E-state index is 0.145. The lowest BCUT2D eigenvalue weighted by atomic mass is 9.59. The van der Waals surface area contributed by atoms with Crippen LogP contribution in [0.25, 0.3) is 0 Å². The zero-order chi connectivity index (χ0) is 19.2. The minimum Gasteiger partial charge on any atom is -0.342 e. The number of hydrogen-bond donors (Lipinski definition) is 0. The van der Waals surface area contributed by atoms with Crippen LogP contribution in [0.3, 0.4) is 0 Å². The van der Waals surface area contributed by atoms with E-state index in [0.29, 0.717) is 11.3 Å². The maximum atomic E-state index is 12.2. The van der Waals surface area contributed by atoms with Gasteiger partial charge in [0.15, 0.2) is 0 Å². The van der Waals surface area contributed by atoms with E-state index in [4.69, 9.17) is 0 Å². The van der Waals surface area contributed by atoms with E-state index in [1.54, 1.807) is 0 Å². The van der Waals surface area contributed by atoms with Crippen molar-refractivity contribution in [2.45, 2.75) is 78.3 Å². The van der Waals surface area contributed by atoms with Crippen molar-refractivity contribution in [2.24, 2.45) is 23.2 Å². The van der Waals surface area contributed by atoms with Crippen LogP contribution in [0.15, 0.2) is 0 Å². The molecule has 3 aliphatic heterocycles. The van der Waals surface area contributed by atoms with Crippen LogP contribution in [0.5, 0.6) is 0 Å². The van der Waals surface area contributed by atoms with Crippen LogP contribution < -0.4 is 0 Å². The van der Waals surface area contributed by atoms with E-state index in [-0.39, 0.29) is 5.92 Å². The molecule has 1 spiro atoms. The van der Waals surface area contributed by atoms with Gasteiger partial charge >= 0.3 is 0 Å². The van der Waals surface area contributed by atoms with E-state index in [2.05, 4.69) is 28.5 Å². The Hall–Kier alpha value is -0.610. The maximum absolute atomic E-state index is 12.2. The summed E-state index contributed by atoms with van der Waals surface area (Å²) in [6.45, 7) is 16.1. The molecule has 0 aromatic heterocycles. The predicted octanol–water partition coefficient (Wildman–Crippen LogP) is 3.47. The monoisotopic (exact) mass is 375 g/mol. The van der Waals surface area contributed by atoms with Gasteiger partial charge in [0.1, 0.15) is 0 Å². The molecule has 0 radical (unpaired) electrons. The molecule has 27 heavy (non-hydrogen) atoms. The normalized spacial score (nSPS) is 28.7. The van der Waals surface area contributed by atoms with Crippen molar-refractivity contribution in [1.82, 2.24) is 14.7 Å². The molecular weight excluding hydrogens is 334 g/mol. The highest BCUT2D eigenvalue weighted by atomic mass is 16.2. The molecule has 4 nitrogen and oxygen atoms in total. The summed E-state index contributed by atoms with van der Waals surface area (Å²) in [5, 5.41) is 0. The van der Waals surface area contributed by atoms with Crippen molar-refractivity contribution in [3.63, 3.8) is 0 Å². The van der Waals surface area contributed by atoms with E-state index in [1.165, 1.54) is 64.7 Å². The second kappa shape index (κ2) is 7.67. The van der Waals surface area contributed by atoms with Crippen molar-refractivity contribution in [3.05, 3.63) is 0 Å². The molecule has 0 bridgehead atoms. The van der Waals surface area contributed by atoms with E-state index in [1.807, 2.05) is 13.8 Å². The van der Waals surface area contributed by atoms with Gasteiger partial charge in [0.2, 0.25) is 5.91 Å². The number of carbonyl (C=O) groups excluding carboxylic acids is 1. The maximum Gasteiger partial charge on any atom is 0.225 e. The van der Waals surface area contributed by atoms with Gasteiger partial charge < -0.3 is 9.80 Å². The Kier molecular flexibility index (Phi) is 5.59. The van der Waals surface area contributed by atoms with Gasteiger partial charge in [-0.15, -0.1) is 0 Å². The van der Waals surface area contributed by atoms with Gasteiger partial charge in [-0.2, -0.15) is 0 Å². The van der Waals surface area contributed by atoms with Crippen molar-refractivity contribution in [2.75, 3.05) is 39.3 Å². The van der Waals surface area contributed by atoms with Crippen molar-refractivity contribution in [1.29, 1.82) is 0 Å². The summed E-state index contributed by atoms with van der Waals surface area (Å²) >= 11 is 0. The Morgan fingerprint density at radius 3 is 1.93 bits per heavy atom. The first kappa shape index (κ1) is 19.7. The fourth-order valence-corrected chi connectivity index (χ4v) is 6.30. The van der Waals surface area contributed by atoms with Gasteiger partial charge in [0, 0.05) is 44.2 Å². The lowest BCUT2D eigenvalue weighted by Crippen LogP contribution is -2.69. The number of hydrogen-bond acceptors (Lipinski definition) is 3. The molecule has 4 aliphatic rings. The SMILES string of the molecule is CC(C)C(=O)N1CCC(N2CC3(CC(N4CCC(C(C)C)CC4)C3)C2)CC1.